The minimum atomic E-state index is -0.216. The van der Waals surface area contributed by atoms with Crippen LogP contribution in [0.3, 0.4) is 0 Å². The third kappa shape index (κ3) is 3.03. The minimum absolute atomic E-state index is 0.0339. The number of rotatable bonds is 3. The van der Waals surface area contributed by atoms with Gasteiger partial charge < -0.3 is 10.4 Å². The molecule has 0 aromatic heterocycles. The van der Waals surface area contributed by atoms with Gasteiger partial charge >= 0.3 is 0 Å². The van der Waals surface area contributed by atoms with E-state index in [9.17, 15) is 14.7 Å². The van der Waals surface area contributed by atoms with E-state index < -0.39 is 0 Å². The molecule has 1 heterocycles. The third-order valence-corrected chi connectivity index (χ3v) is 5.00. The van der Waals surface area contributed by atoms with Crippen molar-refractivity contribution in [3.8, 4) is 5.75 Å². The number of ketones is 1. The molecule has 1 aliphatic heterocycles. The number of hydrogen-bond donors (Lipinski definition) is 2. The average molecular weight is 451 g/mol. The zero-order valence-corrected chi connectivity index (χ0v) is 15.9. The zero-order valence-electron chi connectivity index (χ0n) is 12.7. The first-order chi connectivity index (χ1) is 11.4. The number of carbonyl (C=O) groups is 2. The highest BCUT2D eigenvalue weighted by atomic mass is 79.9. The fourth-order valence-corrected chi connectivity index (χ4v) is 3.77. The normalized spacial score (nSPS) is 14.6. The Morgan fingerprint density at radius 3 is 2.50 bits per heavy atom. The Labute approximate surface area is 155 Å². The van der Waals surface area contributed by atoms with Crippen LogP contribution in [0.25, 0.3) is 11.6 Å². The summed E-state index contributed by atoms with van der Waals surface area (Å²) in [6, 6.07) is 8.66. The maximum Gasteiger partial charge on any atom is 0.256 e. The molecular weight excluding hydrogens is 438 g/mol. The monoisotopic (exact) mass is 449 g/mol. The molecule has 24 heavy (non-hydrogen) atoms. The second-order valence-corrected chi connectivity index (χ2v) is 7.09. The van der Waals surface area contributed by atoms with E-state index in [0.717, 1.165) is 5.56 Å². The first kappa shape index (κ1) is 16.9. The van der Waals surface area contributed by atoms with Crippen molar-refractivity contribution >= 4 is 60.9 Å². The van der Waals surface area contributed by atoms with Crippen LogP contribution in [0.15, 0.2) is 39.3 Å². The molecule has 0 bridgehead atoms. The number of phenols is 1. The molecule has 122 valence electrons. The fraction of sp³-hybridized carbons (Fsp3) is 0.111. The average Bonchev–Trinajstić information content (AvgIpc) is 2.87. The Hall–Kier alpha value is -1.92. The summed E-state index contributed by atoms with van der Waals surface area (Å²) in [6.45, 7) is 1.81. The first-order valence-corrected chi connectivity index (χ1v) is 8.88. The second-order valence-electron chi connectivity index (χ2n) is 5.38. The van der Waals surface area contributed by atoms with E-state index in [0.29, 0.717) is 37.8 Å². The van der Waals surface area contributed by atoms with Gasteiger partial charge in [0.1, 0.15) is 5.75 Å². The van der Waals surface area contributed by atoms with Crippen molar-refractivity contribution in [3.05, 3.63) is 56.0 Å². The predicted octanol–water partition coefficient (Wildman–Crippen LogP) is 5.00. The standard InChI is InChI=1S/C18H13Br2NO3/c1-2-16(22)10-3-4-15-11(8-10)12(18(24)21-15)5-9-6-13(19)17(23)14(20)7-9/h3-8,23H,2H2,1H3,(H,21,24). The van der Waals surface area contributed by atoms with Crippen LogP contribution in [0.1, 0.15) is 34.8 Å². The number of Topliss-reactive ketones (excluding diaryl/α,β-unsaturated/α-hetero) is 1. The number of carbonyl (C=O) groups excluding carboxylic acids is 2. The summed E-state index contributed by atoms with van der Waals surface area (Å²) in [5, 5.41) is 12.6. The summed E-state index contributed by atoms with van der Waals surface area (Å²) in [5.74, 6) is -0.0812. The molecule has 1 aliphatic rings. The lowest BCUT2D eigenvalue weighted by Crippen LogP contribution is -2.03. The van der Waals surface area contributed by atoms with Gasteiger partial charge in [-0.1, -0.05) is 6.92 Å². The SMILES string of the molecule is CCC(=O)c1ccc2c(c1)C(=Cc1cc(Br)c(O)c(Br)c1)C(=O)N2. The van der Waals surface area contributed by atoms with Gasteiger partial charge in [0.05, 0.1) is 8.95 Å². The van der Waals surface area contributed by atoms with Gasteiger partial charge in [0.15, 0.2) is 5.78 Å². The van der Waals surface area contributed by atoms with Crippen molar-refractivity contribution in [1.29, 1.82) is 0 Å². The predicted molar refractivity (Wildman–Crippen MR) is 101 cm³/mol. The summed E-state index contributed by atoms with van der Waals surface area (Å²) >= 11 is 6.56. The molecule has 2 aromatic carbocycles. The highest BCUT2D eigenvalue weighted by Crippen LogP contribution is 2.37. The first-order valence-electron chi connectivity index (χ1n) is 7.29. The molecule has 1 amide bonds. The van der Waals surface area contributed by atoms with Gasteiger partial charge in [-0.05, 0) is 73.8 Å². The van der Waals surface area contributed by atoms with Crippen LogP contribution >= 0.6 is 31.9 Å². The summed E-state index contributed by atoms with van der Waals surface area (Å²) in [6.07, 6.45) is 2.15. The topological polar surface area (TPSA) is 66.4 Å². The zero-order chi connectivity index (χ0) is 17.4. The number of phenolic OH excluding ortho intramolecular Hbond substituents is 1. The third-order valence-electron chi connectivity index (χ3n) is 3.80. The van der Waals surface area contributed by atoms with Crippen LogP contribution in [0, 0.1) is 0 Å². The van der Waals surface area contributed by atoms with E-state index in [1.165, 1.54) is 0 Å². The number of anilines is 1. The second kappa shape index (κ2) is 6.53. The molecule has 6 heteroatoms. The molecule has 0 atom stereocenters. The van der Waals surface area contributed by atoms with E-state index in [1.807, 2.05) is 0 Å². The maximum atomic E-state index is 12.3. The molecule has 4 nitrogen and oxygen atoms in total. The van der Waals surface area contributed by atoms with Crippen LogP contribution in [-0.4, -0.2) is 16.8 Å². The molecular formula is C18H13Br2NO3. The number of hydrogen-bond acceptors (Lipinski definition) is 3. The smallest absolute Gasteiger partial charge is 0.256 e. The van der Waals surface area contributed by atoms with Crippen molar-refractivity contribution < 1.29 is 14.7 Å². The highest BCUT2D eigenvalue weighted by Gasteiger charge is 2.25. The molecule has 0 saturated carbocycles. The van der Waals surface area contributed by atoms with Crippen LogP contribution < -0.4 is 5.32 Å². The van der Waals surface area contributed by atoms with E-state index >= 15 is 0 Å². The van der Waals surface area contributed by atoms with Gasteiger partial charge in [-0.15, -0.1) is 0 Å². The van der Waals surface area contributed by atoms with Gasteiger partial charge in [0.25, 0.3) is 5.91 Å². The van der Waals surface area contributed by atoms with Crippen molar-refractivity contribution in [1.82, 2.24) is 0 Å². The highest BCUT2D eigenvalue weighted by molar-refractivity contribution is 9.11. The van der Waals surface area contributed by atoms with Crippen LogP contribution in [0.5, 0.6) is 5.75 Å². The Morgan fingerprint density at radius 2 is 1.88 bits per heavy atom. The Bertz CT molecular complexity index is 880. The molecule has 0 aliphatic carbocycles. The lowest BCUT2D eigenvalue weighted by molar-refractivity contribution is -0.110. The molecule has 2 N–H and O–H groups in total. The number of halogens is 2. The van der Waals surface area contributed by atoms with Crippen molar-refractivity contribution in [2.24, 2.45) is 0 Å². The van der Waals surface area contributed by atoms with Gasteiger partial charge in [-0.2, -0.15) is 0 Å². The van der Waals surface area contributed by atoms with E-state index in [4.69, 9.17) is 0 Å². The summed E-state index contributed by atoms with van der Waals surface area (Å²) in [5.41, 5.74) is 3.22. The van der Waals surface area contributed by atoms with Gasteiger partial charge in [-0.25, -0.2) is 0 Å². The number of nitrogens with one attached hydrogen (secondary N) is 1. The number of aromatic hydroxyl groups is 1. The molecule has 0 spiro atoms. The van der Waals surface area contributed by atoms with Crippen molar-refractivity contribution in [2.75, 3.05) is 5.32 Å². The van der Waals surface area contributed by atoms with Gasteiger partial charge in [-0.3, -0.25) is 9.59 Å². The molecule has 3 rings (SSSR count). The lowest BCUT2D eigenvalue weighted by Gasteiger charge is -2.05. The largest absolute Gasteiger partial charge is 0.506 e. The molecule has 0 radical (unpaired) electrons. The number of benzene rings is 2. The van der Waals surface area contributed by atoms with E-state index in [1.54, 1.807) is 43.3 Å². The minimum Gasteiger partial charge on any atom is -0.506 e. The van der Waals surface area contributed by atoms with Gasteiger partial charge in [0.2, 0.25) is 0 Å². The van der Waals surface area contributed by atoms with E-state index in [2.05, 4.69) is 37.2 Å². The Balaban J connectivity index is 2.10. The number of fused-ring (bicyclic) bond motifs is 1. The summed E-state index contributed by atoms with van der Waals surface area (Å²) < 4.78 is 1.05. The van der Waals surface area contributed by atoms with Crippen LogP contribution in [0.4, 0.5) is 5.69 Å². The molecule has 0 unspecified atom stereocenters. The van der Waals surface area contributed by atoms with Crippen molar-refractivity contribution in [3.63, 3.8) is 0 Å². The fourth-order valence-electron chi connectivity index (χ4n) is 2.54. The maximum absolute atomic E-state index is 12.3. The van der Waals surface area contributed by atoms with Crippen LogP contribution in [0.2, 0.25) is 0 Å². The molecule has 2 aromatic rings. The van der Waals surface area contributed by atoms with Crippen LogP contribution in [-0.2, 0) is 4.79 Å². The Morgan fingerprint density at radius 1 is 1.21 bits per heavy atom. The summed E-state index contributed by atoms with van der Waals surface area (Å²) in [4.78, 5) is 24.2. The number of amides is 1. The molecule has 0 fully saturated rings. The molecule has 0 saturated heterocycles. The van der Waals surface area contributed by atoms with Crippen molar-refractivity contribution in [2.45, 2.75) is 13.3 Å². The Kier molecular flexibility index (Phi) is 4.60. The quantitative estimate of drug-likeness (QED) is 0.510. The van der Waals surface area contributed by atoms with E-state index in [-0.39, 0.29) is 17.4 Å². The lowest BCUT2D eigenvalue weighted by atomic mass is 9.99. The van der Waals surface area contributed by atoms with Gasteiger partial charge in [0, 0.05) is 28.8 Å². The summed E-state index contributed by atoms with van der Waals surface area (Å²) in [7, 11) is 0.